The summed E-state index contributed by atoms with van der Waals surface area (Å²) in [7, 11) is 0. The van der Waals surface area contributed by atoms with E-state index in [-0.39, 0.29) is 5.97 Å². The monoisotopic (exact) mass is 227 g/mol. The maximum Gasteiger partial charge on any atom is 0.334 e. The zero-order valence-electron chi connectivity index (χ0n) is 10.1. The van der Waals surface area contributed by atoms with Gasteiger partial charge in [-0.1, -0.05) is 6.58 Å². The smallest absolute Gasteiger partial charge is 0.334 e. The highest BCUT2D eigenvalue weighted by Gasteiger charge is 2.29. The van der Waals surface area contributed by atoms with E-state index in [1.807, 2.05) is 6.92 Å². The third kappa shape index (κ3) is 3.94. The first-order chi connectivity index (χ1) is 7.67. The van der Waals surface area contributed by atoms with Gasteiger partial charge in [-0.15, -0.1) is 0 Å². The van der Waals surface area contributed by atoms with Crippen molar-refractivity contribution in [2.24, 2.45) is 0 Å². The molecule has 16 heavy (non-hydrogen) atoms. The van der Waals surface area contributed by atoms with E-state index in [9.17, 15) is 4.79 Å². The van der Waals surface area contributed by atoms with Gasteiger partial charge in [0.15, 0.2) is 0 Å². The van der Waals surface area contributed by atoms with E-state index in [0.29, 0.717) is 30.9 Å². The molecule has 0 aliphatic heterocycles. The van der Waals surface area contributed by atoms with Crippen molar-refractivity contribution in [3.63, 3.8) is 0 Å². The molecule has 0 aromatic rings. The Kier molecular flexibility index (Phi) is 5.49. The van der Waals surface area contributed by atoms with E-state index in [4.69, 9.17) is 9.47 Å². The summed E-state index contributed by atoms with van der Waals surface area (Å²) >= 11 is 0. The van der Waals surface area contributed by atoms with Crippen LogP contribution in [0.2, 0.25) is 0 Å². The van der Waals surface area contributed by atoms with E-state index in [0.717, 1.165) is 19.4 Å². The fourth-order valence-corrected chi connectivity index (χ4v) is 1.68. The van der Waals surface area contributed by atoms with Crippen LogP contribution in [-0.2, 0) is 14.3 Å². The van der Waals surface area contributed by atoms with Crippen LogP contribution in [0.15, 0.2) is 12.2 Å². The molecule has 0 atom stereocenters. The Hall–Kier alpha value is -0.870. The Labute approximate surface area is 97.0 Å². The molecule has 1 N–H and O–H groups in total. The summed E-state index contributed by atoms with van der Waals surface area (Å²) < 4.78 is 10.3. The minimum Gasteiger partial charge on any atom is -0.463 e. The quantitative estimate of drug-likeness (QED) is 0.525. The maximum absolute atomic E-state index is 11.2. The summed E-state index contributed by atoms with van der Waals surface area (Å²) in [5.41, 5.74) is 0.488. The summed E-state index contributed by atoms with van der Waals surface area (Å²) in [6.45, 7) is 9.15. The minimum absolute atomic E-state index is 0.310. The molecule has 0 heterocycles. The Morgan fingerprint density at radius 1 is 1.38 bits per heavy atom. The van der Waals surface area contributed by atoms with Crippen molar-refractivity contribution >= 4 is 5.97 Å². The third-order valence-electron chi connectivity index (χ3n) is 2.67. The standard InChI is InChI=1S/C12H21NO3/c1-4-15-11-6-10(7-11)13-8-9(3)12(14)16-5-2/h10-11,13H,3-8H2,1-2H3. The van der Waals surface area contributed by atoms with Crippen LogP contribution in [-0.4, -0.2) is 37.9 Å². The SMILES string of the molecule is C=C(CNC1CC(OCC)C1)C(=O)OCC. The Morgan fingerprint density at radius 3 is 2.62 bits per heavy atom. The number of carbonyl (C=O) groups is 1. The topological polar surface area (TPSA) is 47.6 Å². The van der Waals surface area contributed by atoms with Gasteiger partial charge in [0.25, 0.3) is 0 Å². The highest BCUT2D eigenvalue weighted by molar-refractivity contribution is 5.88. The van der Waals surface area contributed by atoms with Crippen LogP contribution in [0.1, 0.15) is 26.7 Å². The van der Waals surface area contributed by atoms with Gasteiger partial charge < -0.3 is 14.8 Å². The molecule has 1 aliphatic rings. The highest BCUT2D eigenvalue weighted by Crippen LogP contribution is 2.23. The van der Waals surface area contributed by atoms with E-state index >= 15 is 0 Å². The predicted octanol–water partition coefficient (Wildman–Crippen LogP) is 1.26. The van der Waals surface area contributed by atoms with Gasteiger partial charge in [-0.05, 0) is 26.7 Å². The predicted molar refractivity (Wildman–Crippen MR) is 62.2 cm³/mol. The Balaban J connectivity index is 2.08. The number of hydrogen-bond donors (Lipinski definition) is 1. The largest absolute Gasteiger partial charge is 0.463 e. The van der Waals surface area contributed by atoms with Crippen LogP contribution >= 0.6 is 0 Å². The van der Waals surface area contributed by atoms with Crippen LogP contribution < -0.4 is 5.32 Å². The summed E-state index contributed by atoms with van der Waals surface area (Å²) in [6, 6.07) is 0.447. The average Bonchev–Trinajstić information content (AvgIpc) is 2.21. The Morgan fingerprint density at radius 2 is 2.06 bits per heavy atom. The van der Waals surface area contributed by atoms with Crippen LogP contribution in [0.4, 0.5) is 0 Å². The van der Waals surface area contributed by atoms with Crippen LogP contribution in [0.5, 0.6) is 0 Å². The van der Waals surface area contributed by atoms with E-state index in [1.54, 1.807) is 6.92 Å². The second-order valence-corrected chi connectivity index (χ2v) is 3.95. The summed E-state index contributed by atoms with van der Waals surface area (Å²) in [6.07, 6.45) is 2.42. The van der Waals surface area contributed by atoms with Crippen molar-refractivity contribution in [3.8, 4) is 0 Å². The van der Waals surface area contributed by atoms with Gasteiger partial charge >= 0.3 is 5.97 Å². The van der Waals surface area contributed by atoms with E-state index in [2.05, 4.69) is 11.9 Å². The van der Waals surface area contributed by atoms with Gasteiger partial charge in [-0.25, -0.2) is 4.79 Å². The van der Waals surface area contributed by atoms with Gasteiger partial charge in [-0.3, -0.25) is 0 Å². The van der Waals surface area contributed by atoms with Crippen molar-refractivity contribution in [1.82, 2.24) is 5.32 Å². The zero-order chi connectivity index (χ0) is 12.0. The number of rotatable bonds is 7. The molecule has 0 aromatic heterocycles. The molecule has 4 nitrogen and oxygen atoms in total. The first-order valence-electron chi connectivity index (χ1n) is 5.87. The van der Waals surface area contributed by atoms with Gasteiger partial charge in [0.05, 0.1) is 12.7 Å². The number of hydrogen-bond acceptors (Lipinski definition) is 4. The fourth-order valence-electron chi connectivity index (χ4n) is 1.68. The minimum atomic E-state index is -0.310. The number of nitrogens with one attached hydrogen (secondary N) is 1. The third-order valence-corrected chi connectivity index (χ3v) is 2.67. The van der Waals surface area contributed by atoms with Crippen molar-refractivity contribution in [2.75, 3.05) is 19.8 Å². The van der Waals surface area contributed by atoms with Crippen molar-refractivity contribution < 1.29 is 14.3 Å². The summed E-state index contributed by atoms with van der Waals surface area (Å²) in [5, 5.41) is 3.27. The second kappa shape index (κ2) is 6.66. The molecule has 0 saturated heterocycles. The molecule has 1 fully saturated rings. The second-order valence-electron chi connectivity index (χ2n) is 3.95. The number of carbonyl (C=O) groups excluding carboxylic acids is 1. The lowest BCUT2D eigenvalue weighted by atomic mass is 9.89. The van der Waals surface area contributed by atoms with E-state index < -0.39 is 0 Å². The van der Waals surface area contributed by atoms with Gasteiger partial charge in [0.1, 0.15) is 0 Å². The molecule has 92 valence electrons. The molecule has 1 saturated carbocycles. The molecule has 1 rings (SSSR count). The molecule has 1 aliphatic carbocycles. The lowest BCUT2D eigenvalue weighted by molar-refractivity contribution is -0.138. The zero-order valence-corrected chi connectivity index (χ0v) is 10.1. The van der Waals surface area contributed by atoms with Gasteiger partial charge in [0.2, 0.25) is 0 Å². The van der Waals surface area contributed by atoms with Crippen molar-refractivity contribution in [1.29, 1.82) is 0 Å². The molecule has 0 unspecified atom stereocenters. The van der Waals surface area contributed by atoms with Crippen LogP contribution in [0.25, 0.3) is 0 Å². The molecule has 0 bridgehead atoms. The molecule has 0 spiro atoms. The molecular weight excluding hydrogens is 206 g/mol. The number of esters is 1. The van der Waals surface area contributed by atoms with Crippen molar-refractivity contribution in [3.05, 3.63) is 12.2 Å². The Bertz CT molecular complexity index is 247. The highest BCUT2D eigenvalue weighted by atomic mass is 16.5. The fraction of sp³-hybridized carbons (Fsp3) is 0.750. The lowest BCUT2D eigenvalue weighted by Gasteiger charge is -2.35. The van der Waals surface area contributed by atoms with Crippen LogP contribution in [0, 0.1) is 0 Å². The van der Waals surface area contributed by atoms with Gasteiger partial charge in [0, 0.05) is 24.8 Å². The van der Waals surface area contributed by atoms with Gasteiger partial charge in [-0.2, -0.15) is 0 Å². The van der Waals surface area contributed by atoms with E-state index in [1.165, 1.54) is 0 Å². The first-order valence-corrected chi connectivity index (χ1v) is 5.87. The molecule has 0 amide bonds. The van der Waals surface area contributed by atoms with Crippen molar-refractivity contribution in [2.45, 2.75) is 38.8 Å². The molecule has 0 aromatic carbocycles. The molecule has 4 heteroatoms. The average molecular weight is 227 g/mol. The normalized spacial score (nSPS) is 23.6. The lowest BCUT2D eigenvalue weighted by Crippen LogP contribution is -2.46. The van der Waals surface area contributed by atoms with Crippen LogP contribution in [0.3, 0.4) is 0 Å². The summed E-state index contributed by atoms with van der Waals surface area (Å²) in [5.74, 6) is -0.310. The first kappa shape index (κ1) is 13.2. The molecular formula is C12H21NO3. The molecule has 0 radical (unpaired) electrons. The number of ether oxygens (including phenoxy) is 2. The maximum atomic E-state index is 11.2. The summed E-state index contributed by atoms with van der Waals surface area (Å²) in [4.78, 5) is 11.2.